The zero-order valence-corrected chi connectivity index (χ0v) is 16.9. The van der Waals surface area contributed by atoms with Gasteiger partial charge in [-0.1, -0.05) is 31.5 Å². The Hall–Kier alpha value is -2.93. The van der Waals surface area contributed by atoms with Crippen molar-refractivity contribution in [2.45, 2.75) is 26.7 Å². The molecule has 2 aromatic carbocycles. The Morgan fingerprint density at radius 1 is 1.04 bits per heavy atom. The summed E-state index contributed by atoms with van der Waals surface area (Å²) in [5, 5.41) is 8.40. The van der Waals surface area contributed by atoms with Gasteiger partial charge in [-0.05, 0) is 55.9 Å². The van der Waals surface area contributed by atoms with Gasteiger partial charge in [0.25, 0.3) is 11.8 Å². The van der Waals surface area contributed by atoms with Gasteiger partial charge in [-0.3, -0.25) is 14.9 Å². The number of carbonyl (C=O) groups excluding carboxylic acids is 2. The van der Waals surface area contributed by atoms with E-state index in [2.05, 4.69) is 22.9 Å². The minimum absolute atomic E-state index is 0.110. The third-order valence-corrected chi connectivity index (χ3v) is 4.05. The van der Waals surface area contributed by atoms with Gasteiger partial charge in [0.05, 0.1) is 17.9 Å². The lowest BCUT2D eigenvalue weighted by atomic mass is 10.1. The zero-order chi connectivity index (χ0) is 20.4. The van der Waals surface area contributed by atoms with Crippen LogP contribution in [0, 0.1) is 0 Å². The topological polar surface area (TPSA) is 79.5 Å². The highest BCUT2D eigenvalue weighted by molar-refractivity contribution is 7.80. The lowest BCUT2D eigenvalue weighted by Gasteiger charge is -2.13. The standard InChI is InChI=1S/C21H25N3O3S/c1-3-5-13-27-16-10-8-9-15(14-16)19(25)24-21(28)23-18-12-7-6-11-17(18)20(26)22-4-2/h6-12,14H,3-5,13H2,1-2H3,(H,22,26)(H2,23,24,25,28). The van der Waals surface area contributed by atoms with Crippen LogP contribution in [0.15, 0.2) is 48.5 Å². The fraction of sp³-hybridized carbons (Fsp3) is 0.286. The summed E-state index contributed by atoms with van der Waals surface area (Å²) >= 11 is 5.24. The first kappa shape index (κ1) is 21.4. The van der Waals surface area contributed by atoms with Gasteiger partial charge in [0.15, 0.2) is 5.11 Å². The number of unbranched alkanes of at least 4 members (excludes halogenated alkanes) is 1. The fourth-order valence-electron chi connectivity index (χ4n) is 2.44. The first-order chi connectivity index (χ1) is 13.5. The van der Waals surface area contributed by atoms with E-state index in [4.69, 9.17) is 17.0 Å². The second-order valence-electron chi connectivity index (χ2n) is 6.04. The van der Waals surface area contributed by atoms with Gasteiger partial charge in [0.1, 0.15) is 5.75 Å². The van der Waals surface area contributed by atoms with Crippen molar-refractivity contribution >= 4 is 34.8 Å². The molecule has 0 saturated heterocycles. The van der Waals surface area contributed by atoms with E-state index in [0.717, 1.165) is 12.8 Å². The zero-order valence-electron chi connectivity index (χ0n) is 16.1. The van der Waals surface area contributed by atoms with Crippen molar-refractivity contribution < 1.29 is 14.3 Å². The van der Waals surface area contributed by atoms with Crippen LogP contribution in [0.1, 0.15) is 47.4 Å². The predicted octanol–water partition coefficient (Wildman–Crippen LogP) is 3.74. The van der Waals surface area contributed by atoms with E-state index in [1.165, 1.54) is 0 Å². The number of nitrogens with one attached hydrogen (secondary N) is 3. The van der Waals surface area contributed by atoms with Crippen LogP contribution in [0.3, 0.4) is 0 Å². The van der Waals surface area contributed by atoms with Crippen LogP contribution in [-0.4, -0.2) is 30.1 Å². The van der Waals surface area contributed by atoms with Crippen LogP contribution in [0.5, 0.6) is 5.75 Å². The Bertz CT molecular complexity index is 839. The van der Waals surface area contributed by atoms with Gasteiger partial charge in [-0.2, -0.15) is 0 Å². The summed E-state index contributed by atoms with van der Waals surface area (Å²) in [6, 6.07) is 13.9. The average Bonchev–Trinajstić information content (AvgIpc) is 2.69. The molecular formula is C21H25N3O3S. The number of hydrogen-bond donors (Lipinski definition) is 3. The molecule has 0 aliphatic carbocycles. The molecule has 7 heteroatoms. The van der Waals surface area contributed by atoms with Crippen LogP contribution >= 0.6 is 12.2 Å². The van der Waals surface area contributed by atoms with Crippen molar-refractivity contribution in [2.75, 3.05) is 18.5 Å². The second-order valence-corrected chi connectivity index (χ2v) is 6.45. The van der Waals surface area contributed by atoms with Crippen LogP contribution in [0.4, 0.5) is 5.69 Å². The van der Waals surface area contributed by atoms with E-state index >= 15 is 0 Å². The highest BCUT2D eigenvalue weighted by atomic mass is 32.1. The molecule has 3 N–H and O–H groups in total. The molecule has 0 radical (unpaired) electrons. The number of hydrogen-bond acceptors (Lipinski definition) is 4. The molecule has 0 atom stereocenters. The minimum Gasteiger partial charge on any atom is -0.494 e. The lowest BCUT2D eigenvalue weighted by Crippen LogP contribution is -2.35. The molecule has 148 valence electrons. The summed E-state index contributed by atoms with van der Waals surface area (Å²) in [6.07, 6.45) is 1.99. The Morgan fingerprint density at radius 3 is 2.57 bits per heavy atom. The Balaban J connectivity index is 2.01. The molecule has 28 heavy (non-hydrogen) atoms. The summed E-state index contributed by atoms with van der Waals surface area (Å²) in [5.74, 6) is 0.0761. The fourth-order valence-corrected chi connectivity index (χ4v) is 2.64. The molecule has 2 amide bonds. The number of amides is 2. The molecule has 0 fully saturated rings. The Labute approximate surface area is 170 Å². The number of anilines is 1. The third kappa shape index (κ3) is 6.35. The number of ether oxygens (including phenoxy) is 1. The molecule has 0 aromatic heterocycles. The maximum Gasteiger partial charge on any atom is 0.257 e. The summed E-state index contributed by atoms with van der Waals surface area (Å²) in [4.78, 5) is 24.6. The molecule has 2 aromatic rings. The van der Waals surface area contributed by atoms with Gasteiger partial charge in [-0.25, -0.2) is 0 Å². The van der Waals surface area contributed by atoms with Crippen LogP contribution in [0.2, 0.25) is 0 Å². The van der Waals surface area contributed by atoms with Crippen LogP contribution < -0.4 is 20.7 Å². The largest absolute Gasteiger partial charge is 0.494 e. The summed E-state index contributed by atoms with van der Waals surface area (Å²) < 4.78 is 5.63. The average molecular weight is 400 g/mol. The first-order valence-electron chi connectivity index (χ1n) is 9.27. The molecule has 2 rings (SSSR count). The molecule has 0 aliphatic heterocycles. The maximum atomic E-state index is 12.5. The van der Waals surface area contributed by atoms with E-state index in [1.807, 2.05) is 13.0 Å². The molecule has 0 aliphatic rings. The van der Waals surface area contributed by atoms with E-state index in [-0.39, 0.29) is 16.9 Å². The molecule has 0 bridgehead atoms. The number of thiocarbonyl (C=S) groups is 1. The van der Waals surface area contributed by atoms with E-state index in [1.54, 1.807) is 42.5 Å². The Kier molecular flexibility index (Phi) is 8.42. The number of rotatable bonds is 8. The molecular weight excluding hydrogens is 374 g/mol. The van der Waals surface area contributed by atoms with Crippen molar-refractivity contribution in [3.05, 3.63) is 59.7 Å². The monoisotopic (exact) mass is 399 g/mol. The number of benzene rings is 2. The van der Waals surface area contributed by atoms with E-state index < -0.39 is 0 Å². The molecule has 0 unspecified atom stereocenters. The van der Waals surface area contributed by atoms with E-state index in [0.29, 0.717) is 35.7 Å². The molecule has 0 spiro atoms. The van der Waals surface area contributed by atoms with Crippen LogP contribution in [-0.2, 0) is 0 Å². The quantitative estimate of drug-likeness (QED) is 0.465. The number of para-hydroxylation sites is 1. The molecule has 6 nitrogen and oxygen atoms in total. The molecule has 0 saturated carbocycles. The third-order valence-electron chi connectivity index (χ3n) is 3.85. The normalized spacial score (nSPS) is 10.1. The Morgan fingerprint density at radius 2 is 1.82 bits per heavy atom. The lowest BCUT2D eigenvalue weighted by molar-refractivity contribution is 0.0954. The van der Waals surface area contributed by atoms with Gasteiger partial charge >= 0.3 is 0 Å². The minimum atomic E-state index is -0.353. The highest BCUT2D eigenvalue weighted by Crippen LogP contribution is 2.16. The summed E-state index contributed by atoms with van der Waals surface area (Å²) in [6.45, 7) is 5.06. The van der Waals surface area contributed by atoms with E-state index in [9.17, 15) is 9.59 Å². The van der Waals surface area contributed by atoms with Gasteiger partial charge in [0, 0.05) is 12.1 Å². The second kappa shape index (κ2) is 11.0. The van der Waals surface area contributed by atoms with Crippen molar-refractivity contribution in [1.29, 1.82) is 0 Å². The number of carbonyl (C=O) groups is 2. The predicted molar refractivity (Wildman–Crippen MR) is 115 cm³/mol. The van der Waals surface area contributed by atoms with Crippen molar-refractivity contribution in [3.63, 3.8) is 0 Å². The smallest absolute Gasteiger partial charge is 0.257 e. The van der Waals surface area contributed by atoms with Crippen molar-refractivity contribution in [3.8, 4) is 5.75 Å². The van der Waals surface area contributed by atoms with Gasteiger partial charge in [0.2, 0.25) is 0 Å². The first-order valence-corrected chi connectivity index (χ1v) is 9.68. The molecule has 0 heterocycles. The van der Waals surface area contributed by atoms with Crippen molar-refractivity contribution in [1.82, 2.24) is 10.6 Å². The summed E-state index contributed by atoms with van der Waals surface area (Å²) in [7, 11) is 0. The maximum absolute atomic E-state index is 12.5. The SMILES string of the molecule is CCCCOc1cccc(C(=O)NC(=S)Nc2ccccc2C(=O)NCC)c1. The van der Waals surface area contributed by atoms with Gasteiger partial charge < -0.3 is 15.4 Å². The highest BCUT2D eigenvalue weighted by Gasteiger charge is 2.13. The van der Waals surface area contributed by atoms with Gasteiger partial charge in [-0.15, -0.1) is 0 Å². The summed E-state index contributed by atoms with van der Waals surface area (Å²) in [5.41, 5.74) is 1.41. The van der Waals surface area contributed by atoms with Crippen molar-refractivity contribution in [2.24, 2.45) is 0 Å². The van der Waals surface area contributed by atoms with Crippen LogP contribution in [0.25, 0.3) is 0 Å².